The average molecular weight is 555 g/mol. The summed E-state index contributed by atoms with van der Waals surface area (Å²) in [6, 6.07) is 21.9. The number of nitrogens with zero attached hydrogens (tertiary/aromatic N) is 2. The van der Waals surface area contributed by atoms with Crippen LogP contribution >= 0.6 is 11.3 Å². The van der Waals surface area contributed by atoms with E-state index in [1.54, 1.807) is 24.3 Å². The largest absolute Gasteiger partial charge is 0.507 e. The zero-order valence-electron chi connectivity index (χ0n) is 21.6. The third-order valence-corrected chi connectivity index (χ3v) is 8.35. The second kappa shape index (κ2) is 10.9. The highest BCUT2D eigenvalue weighted by Gasteiger charge is 2.26. The number of benzene rings is 3. The summed E-state index contributed by atoms with van der Waals surface area (Å²) in [6.45, 7) is 0.225. The molecular formula is C31H27FN4O3S. The number of aromatic nitrogens is 2. The van der Waals surface area contributed by atoms with Gasteiger partial charge in [0.2, 0.25) is 0 Å². The van der Waals surface area contributed by atoms with E-state index in [1.165, 1.54) is 34.2 Å². The Bertz CT molecular complexity index is 1670. The molecule has 1 saturated carbocycles. The van der Waals surface area contributed by atoms with Crippen LogP contribution in [0.3, 0.4) is 0 Å². The second-order valence-corrected chi connectivity index (χ2v) is 11.1. The molecule has 3 aromatic carbocycles. The zero-order valence-corrected chi connectivity index (χ0v) is 22.4. The van der Waals surface area contributed by atoms with Crippen molar-refractivity contribution in [2.75, 3.05) is 5.32 Å². The quantitative estimate of drug-likeness (QED) is 0.192. The predicted octanol–water partition coefficient (Wildman–Crippen LogP) is 7.28. The zero-order chi connectivity index (χ0) is 27.6. The Morgan fingerprint density at radius 1 is 1.00 bits per heavy atom. The van der Waals surface area contributed by atoms with Crippen LogP contribution in [-0.4, -0.2) is 26.8 Å². The Morgan fingerprint density at radius 2 is 1.77 bits per heavy atom. The minimum Gasteiger partial charge on any atom is -0.507 e. The van der Waals surface area contributed by atoms with Crippen LogP contribution in [0.4, 0.5) is 14.9 Å². The summed E-state index contributed by atoms with van der Waals surface area (Å²) in [6.07, 6.45) is 4.06. The molecule has 7 nitrogen and oxygen atoms in total. The van der Waals surface area contributed by atoms with Gasteiger partial charge in [-0.05, 0) is 72.3 Å². The molecule has 0 aliphatic heterocycles. The molecule has 202 valence electrons. The molecule has 0 unspecified atom stereocenters. The number of phenols is 1. The number of hydrogen-bond acceptors (Lipinski definition) is 5. The van der Waals surface area contributed by atoms with Gasteiger partial charge in [0.1, 0.15) is 11.6 Å². The molecule has 40 heavy (non-hydrogen) atoms. The Hall–Kier alpha value is -4.50. The maximum Gasteiger partial charge on any atom is 0.342 e. The number of aromatic hydroxyl groups is 1. The molecule has 2 aromatic heterocycles. The van der Waals surface area contributed by atoms with Crippen molar-refractivity contribution in [3.05, 3.63) is 101 Å². The average Bonchev–Trinajstić information content (AvgIpc) is 3.73. The predicted molar refractivity (Wildman–Crippen MR) is 154 cm³/mol. The van der Waals surface area contributed by atoms with E-state index in [4.69, 9.17) is 0 Å². The topological polar surface area (TPSA) is 96.2 Å². The molecule has 0 bridgehead atoms. The molecule has 9 heteroatoms. The molecule has 1 fully saturated rings. The van der Waals surface area contributed by atoms with Crippen molar-refractivity contribution >= 4 is 39.0 Å². The Balaban J connectivity index is 1.26. The van der Waals surface area contributed by atoms with Crippen LogP contribution in [0.5, 0.6) is 5.75 Å². The van der Waals surface area contributed by atoms with Crippen molar-refractivity contribution in [2.24, 2.45) is 0 Å². The van der Waals surface area contributed by atoms with Gasteiger partial charge in [-0.3, -0.25) is 4.79 Å². The first-order valence-corrected chi connectivity index (χ1v) is 14.0. The van der Waals surface area contributed by atoms with Crippen LogP contribution in [-0.2, 0) is 6.54 Å². The first-order valence-electron chi connectivity index (χ1n) is 13.2. The van der Waals surface area contributed by atoms with Gasteiger partial charge in [-0.25, -0.2) is 9.18 Å². The number of nitrogens with one attached hydrogen (secondary N) is 2. The molecule has 6 rings (SSSR count). The van der Waals surface area contributed by atoms with E-state index in [0.717, 1.165) is 47.0 Å². The highest BCUT2D eigenvalue weighted by atomic mass is 32.1. The van der Waals surface area contributed by atoms with E-state index in [9.17, 15) is 19.1 Å². The van der Waals surface area contributed by atoms with Gasteiger partial charge in [0.15, 0.2) is 0 Å². The lowest BCUT2D eigenvalue weighted by molar-refractivity contribution is 0.103. The normalized spacial score (nSPS) is 13.5. The van der Waals surface area contributed by atoms with Crippen molar-refractivity contribution in [1.29, 1.82) is 0 Å². The summed E-state index contributed by atoms with van der Waals surface area (Å²) in [4.78, 5) is 26.8. The standard InChI is InChI=1S/C31H27FN4O3S/c32-22-11-9-19(10-12-22)18-33-31(39)36-26(20-5-1-2-6-20)17-25(35-36)24-16-23(13-14-27(24)37)34-30(38)29-15-21-7-3-4-8-28(21)40-29/h3-4,7-17,20,37H,1-2,5-6,18H2,(H,33,39)(H,34,38). The molecule has 1 aliphatic carbocycles. The fourth-order valence-corrected chi connectivity index (χ4v) is 6.12. The highest BCUT2D eigenvalue weighted by Crippen LogP contribution is 2.38. The van der Waals surface area contributed by atoms with E-state index in [2.05, 4.69) is 15.7 Å². The molecule has 1 aliphatic rings. The van der Waals surface area contributed by atoms with Crippen LogP contribution < -0.4 is 10.6 Å². The van der Waals surface area contributed by atoms with Crippen molar-refractivity contribution in [1.82, 2.24) is 15.1 Å². The van der Waals surface area contributed by atoms with E-state index < -0.39 is 6.03 Å². The van der Waals surface area contributed by atoms with E-state index in [0.29, 0.717) is 21.8 Å². The Kier molecular flexibility index (Phi) is 7.04. The number of amides is 2. The van der Waals surface area contributed by atoms with E-state index in [-0.39, 0.29) is 29.9 Å². The number of halogens is 1. The van der Waals surface area contributed by atoms with E-state index >= 15 is 0 Å². The van der Waals surface area contributed by atoms with Crippen molar-refractivity contribution in [3.8, 4) is 17.0 Å². The van der Waals surface area contributed by atoms with Crippen molar-refractivity contribution < 1.29 is 19.1 Å². The van der Waals surface area contributed by atoms with Crippen LogP contribution in [0.2, 0.25) is 0 Å². The summed E-state index contributed by atoms with van der Waals surface area (Å²) >= 11 is 1.41. The number of rotatable bonds is 6. The number of carbonyl (C=O) groups excluding carboxylic acids is 2. The summed E-state index contributed by atoms with van der Waals surface area (Å²) in [5.74, 6) is -0.405. The van der Waals surface area contributed by atoms with Crippen LogP contribution in [0.15, 0.2) is 78.9 Å². The summed E-state index contributed by atoms with van der Waals surface area (Å²) in [7, 11) is 0. The van der Waals surface area contributed by atoms with Crippen LogP contribution in [0.25, 0.3) is 21.3 Å². The monoisotopic (exact) mass is 554 g/mol. The minimum absolute atomic E-state index is 0.00537. The third-order valence-electron chi connectivity index (χ3n) is 7.24. The number of thiophene rings is 1. The maximum atomic E-state index is 13.3. The third kappa shape index (κ3) is 5.33. The SMILES string of the molecule is O=C(Nc1ccc(O)c(-c2cc(C3CCCC3)n(C(=O)NCc3ccc(F)cc3)n2)c1)c1cc2ccccc2s1. The van der Waals surface area contributed by atoms with Gasteiger partial charge in [-0.1, -0.05) is 43.2 Å². The van der Waals surface area contributed by atoms with Gasteiger partial charge in [0, 0.05) is 28.4 Å². The molecular weight excluding hydrogens is 527 g/mol. The smallest absolute Gasteiger partial charge is 0.342 e. The first-order chi connectivity index (χ1) is 19.4. The maximum absolute atomic E-state index is 13.3. The van der Waals surface area contributed by atoms with Gasteiger partial charge in [-0.2, -0.15) is 9.78 Å². The molecule has 2 amide bonds. The molecule has 3 N–H and O–H groups in total. The van der Waals surface area contributed by atoms with E-state index in [1.807, 2.05) is 36.4 Å². The number of carbonyl (C=O) groups is 2. The summed E-state index contributed by atoms with van der Waals surface area (Å²) in [5, 5.41) is 22.1. The Labute approximate surface area is 234 Å². The van der Waals surface area contributed by atoms with Crippen molar-refractivity contribution in [2.45, 2.75) is 38.1 Å². The lowest BCUT2D eigenvalue weighted by Crippen LogP contribution is -2.30. The fourth-order valence-electron chi connectivity index (χ4n) is 5.16. The van der Waals surface area contributed by atoms with Crippen molar-refractivity contribution in [3.63, 3.8) is 0 Å². The number of anilines is 1. The van der Waals surface area contributed by atoms with Crippen LogP contribution in [0.1, 0.15) is 52.5 Å². The fraction of sp³-hybridized carbons (Fsp3) is 0.194. The molecule has 0 radical (unpaired) electrons. The van der Waals surface area contributed by atoms with Gasteiger partial charge in [0.25, 0.3) is 5.91 Å². The highest BCUT2D eigenvalue weighted by molar-refractivity contribution is 7.20. The summed E-state index contributed by atoms with van der Waals surface area (Å²) in [5.41, 5.74) is 2.91. The molecule has 0 spiro atoms. The lowest BCUT2D eigenvalue weighted by atomic mass is 10.0. The Morgan fingerprint density at radius 3 is 2.55 bits per heavy atom. The molecule has 0 saturated heterocycles. The van der Waals surface area contributed by atoms with Gasteiger partial charge >= 0.3 is 6.03 Å². The lowest BCUT2D eigenvalue weighted by Gasteiger charge is -2.12. The first kappa shape index (κ1) is 25.8. The number of hydrogen-bond donors (Lipinski definition) is 3. The molecule has 0 atom stereocenters. The minimum atomic E-state index is -0.397. The van der Waals surface area contributed by atoms with Gasteiger partial charge in [-0.15, -0.1) is 11.3 Å². The molecule has 5 aromatic rings. The summed E-state index contributed by atoms with van der Waals surface area (Å²) < 4.78 is 15.7. The van der Waals surface area contributed by atoms with Gasteiger partial charge < -0.3 is 15.7 Å². The molecule has 2 heterocycles. The second-order valence-electron chi connectivity index (χ2n) is 9.97. The van der Waals surface area contributed by atoms with Gasteiger partial charge in [0.05, 0.1) is 16.3 Å². The number of fused-ring (bicyclic) bond motifs is 1. The number of phenolic OH excluding ortho intramolecular Hbond substituents is 1. The van der Waals surface area contributed by atoms with Crippen LogP contribution in [0, 0.1) is 5.82 Å².